The molecule has 0 bridgehead atoms. The third-order valence-electron chi connectivity index (χ3n) is 6.52. The predicted octanol–water partition coefficient (Wildman–Crippen LogP) is 4.40. The van der Waals surface area contributed by atoms with Gasteiger partial charge in [0.1, 0.15) is 0 Å². The van der Waals surface area contributed by atoms with Crippen molar-refractivity contribution in [3.8, 4) is 0 Å². The quantitative estimate of drug-likeness (QED) is 0.814. The molecule has 0 aromatic heterocycles. The number of likely N-dealkylation sites (tertiary alicyclic amines) is 1. The first-order valence-electron chi connectivity index (χ1n) is 10.4. The number of fused-ring (bicyclic) bond motifs is 1. The zero-order valence-electron chi connectivity index (χ0n) is 15.5. The minimum Gasteiger partial charge on any atom is -0.309 e. The summed E-state index contributed by atoms with van der Waals surface area (Å²) in [5, 5.41) is 0. The molecule has 1 aliphatic carbocycles. The van der Waals surface area contributed by atoms with Gasteiger partial charge in [-0.15, -0.1) is 0 Å². The number of rotatable bonds is 3. The van der Waals surface area contributed by atoms with Gasteiger partial charge in [-0.05, 0) is 43.2 Å². The Morgan fingerprint density at radius 3 is 2.32 bits per heavy atom. The molecule has 1 aromatic rings. The number of para-hydroxylation sites is 1. The van der Waals surface area contributed by atoms with Crippen molar-refractivity contribution in [3.05, 3.63) is 29.8 Å². The average Bonchev–Trinajstić information content (AvgIpc) is 2.94. The normalized spacial score (nSPS) is 24.2. The molecule has 3 nitrogen and oxygen atoms in total. The zero-order chi connectivity index (χ0) is 17.1. The third-order valence-corrected chi connectivity index (χ3v) is 6.52. The van der Waals surface area contributed by atoms with Crippen LogP contribution in [-0.2, 0) is 11.2 Å². The molecule has 0 atom stereocenters. The van der Waals surface area contributed by atoms with Gasteiger partial charge in [0.2, 0.25) is 5.91 Å². The average molecular weight is 341 g/mol. The van der Waals surface area contributed by atoms with Crippen LogP contribution in [0.4, 0.5) is 5.69 Å². The minimum atomic E-state index is 0.305. The number of piperidine rings is 1. The van der Waals surface area contributed by atoms with E-state index in [0.29, 0.717) is 18.4 Å². The molecule has 0 spiro atoms. The highest BCUT2D eigenvalue weighted by Crippen LogP contribution is 2.33. The number of hydrogen-bond acceptors (Lipinski definition) is 2. The van der Waals surface area contributed by atoms with Gasteiger partial charge in [-0.25, -0.2) is 0 Å². The first-order valence-corrected chi connectivity index (χ1v) is 10.4. The van der Waals surface area contributed by atoms with Crippen LogP contribution in [0.1, 0.15) is 63.4 Å². The molecule has 1 saturated carbocycles. The molecule has 136 valence electrons. The maximum absolute atomic E-state index is 12.5. The van der Waals surface area contributed by atoms with E-state index in [1.54, 1.807) is 0 Å². The summed E-state index contributed by atoms with van der Waals surface area (Å²) in [6, 6.07) is 8.75. The Hall–Kier alpha value is -1.35. The SMILES string of the molecule is O=C1Cc2ccccc2N1C1CCN(CC2CCCCCCC2)CC1. The number of benzene rings is 1. The third kappa shape index (κ3) is 3.92. The van der Waals surface area contributed by atoms with E-state index in [2.05, 4.69) is 28.0 Å². The fourth-order valence-electron chi connectivity index (χ4n) is 5.13. The molecule has 3 aliphatic rings. The van der Waals surface area contributed by atoms with Crippen LogP contribution in [-0.4, -0.2) is 36.5 Å². The van der Waals surface area contributed by atoms with Gasteiger partial charge in [0, 0.05) is 31.4 Å². The van der Waals surface area contributed by atoms with Gasteiger partial charge in [-0.2, -0.15) is 0 Å². The van der Waals surface area contributed by atoms with E-state index in [-0.39, 0.29) is 0 Å². The fourth-order valence-corrected chi connectivity index (χ4v) is 5.13. The summed E-state index contributed by atoms with van der Waals surface area (Å²) in [5.41, 5.74) is 2.38. The highest BCUT2D eigenvalue weighted by atomic mass is 16.2. The van der Waals surface area contributed by atoms with Crippen molar-refractivity contribution >= 4 is 11.6 Å². The number of nitrogens with zero attached hydrogens (tertiary/aromatic N) is 2. The van der Waals surface area contributed by atoms with E-state index in [0.717, 1.165) is 31.8 Å². The Labute approximate surface area is 152 Å². The van der Waals surface area contributed by atoms with E-state index < -0.39 is 0 Å². The van der Waals surface area contributed by atoms with Crippen LogP contribution in [0.3, 0.4) is 0 Å². The second-order valence-corrected chi connectivity index (χ2v) is 8.31. The summed E-state index contributed by atoms with van der Waals surface area (Å²) in [7, 11) is 0. The van der Waals surface area contributed by atoms with Crippen molar-refractivity contribution in [3.63, 3.8) is 0 Å². The molecule has 0 radical (unpaired) electrons. The molecular formula is C22H32N2O. The van der Waals surface area contributed by atoms with Crippen LogP contribution >= 0.6 is 0 Å². The molecule has 0 N–H and O–H groups in total. The molecular weight excluding hydrogens is 308 g/mol. The summed E-state index contributed by atoms with van der Waals surface area (Å²) < 4.78 is 0. The van der Waals surface area contributed by atoms with Crippen molar-refractivity contribution in [1.82, 2.24) is 4.90 Å². The summed E-state index contributed by atoms with van der Waals surface area (Å²) in [4.78, 5) is 17.3. The summed E-state index contributed by atoms with van der Waals surface area (Å²) in [6.07, 6.45) is 12.9. The van der Waals surface area contributed by atoms with E-state index in [1.165, 1.54) is 62.7 Å². The molecule has 2 aliphatic heterocycles. The maximum Gasteiger partial charge on any atom is 0.231 e. The Balaban J connectivity index is 1.32. The van der Waals surface area contributed by atoms with Gasteiger partial charge < -0.3 is 9.80 Å². The molecule has 4 rings (SSSR count). The van der Waals surface area contributed by atoms with Gasteiger partial charge in [0.25, 0.3) is 0 Å². The van der Waals surface area contributed by atoms with Crippen LogP contribution in [0.25, 0.3) is 0 Å². The highest BCUT2D eigenvalue weighted by molar-refractivity contribution is 6.01. The van der Waals surface area contributed by atoms with Crippen LogP contribution in [0.5, 0.6) is 0 Å². The molecule has 0 unspecified atom stereocenters. The largest absolute Gasteiger partial charge is 0.309 e. The van der Waals surface area contributed by atoms with Crippen LogP contribution in [0.2, 0.25) is 0 Å². The van der Waals surface area contributed by atoms with E-state index in [1.807, 2.05) is 6.07 Å². The number of amides is 1. The van der Waals surface area contributed by atoms with Gasteiger partial charge in [-0.3, -0.25) is 4.79 Å². The van der Waals surface area contributed by atoms with Crippen molar-refractivity contribution in [2.75, 3.05) is 24.5 Å². The van der Waals surface area contributed by atoms with Crippen molar-refractivity contribution in [2.45, 2.75) is 70.3 Å². The molecule has 2 heterocycles. The first kappa shape index (κ1) is 17.1. The van der Waals surface area contributed by atoms with Gasteiger partial charge in [0.05, 0.1) is 6.42 Å². The first-order chi connectivity index (χ1) is 12.3. The molecule has 1 saturated heterocycles. The molecule has 1 aromatic carbocycles. The standard InChI is InChI=1S/C22H32N2O/c25-22-16-19-10-6-7-11-21(19)24(22)20-12-14-23(15-13-20)17-18-8-4-2-1-3-5-9-18/h6-7,10-11,18,20H,1-5,8-9,12-17H2. The lowest BCUT2D eigenvalue weighted by molar-refractivity contribution is -0.118. The van der Waals surface area contributed by atoms with Gasteiger partial charge >= 0.3 is 0 Å². The van der Waals surface area contributed by atoms with Crippen LogP contribution < -0.4 is 4.90 Å². The summed E-state index contributed by atoms with van der Waals surface area (Å²) >= 11 is 0. The lowest BCUT2D eigenvalue weighted by atomic mass is 9.90. The smallest absolute Gasteiger partial charge is 0.231 e. The van der Waals surface area contributed by atoms with Crippen molar-refractivity contribution in [1.29, 1.82) is 0 Å². The minimum absolute atomic E-state index is 0.305. The predicted molar refractivity (Wildman–Crippen MR) is 103 cm³/mol. The molecule has 2 fully saturated rings. The lowest BCUT2D eigenvalue weighted by Crippen LogP contribution is -2.47. The zero-order valence-corrected chi connectivity index (χ0v) is 15.5. The Morgan fingerprint density at radius 2 is 1.56 bits per heavy atom. The maximum atomic E-state index is 12.5. The monoisotopic (exact) mass is 340 g/mol. The second-order valence-electron chi connectivity index (χ2n) is 8.31. The molecule has 3 heteroatoms. The summed E-state index contributed by atoms with van der Waals surface area (Å²) in [5.74, 6) is 1.21. The molecule has 25 heavy (non-hydrogen) atoms. The van der Waals surface area contributed by atoms with Crippen LogP contribution in [0.15, 0.2) is 24.3 Å². The van der Waals surface area contributed by atoms with E-state index in [4.69, 9.17) is 0 Å². The number of carbonyl (C=O) groups excluding carboxylic acids is 1. The fraction of sp³-hybridized carbons (Fsp3) is 0.682. The Morgan fingerprint density at radius 1 is 0.880 bits per heavy atom. The van der Waals surface area contributed by atoms with Crippen LogP contribution in [0, 0.1) is 5.92 Å². The molecule has 1 amide bonds. The number of carbonyl (C=O) groups is 1. The topological polar surface area (TPSA) is 23.6 Å². The van der Waals surface area contributed by atoms with Crippen molar-refractivity contribution < 1.29 is 4.79 Å². The second kappa shape index (κ2) is 7.90. The van der Waals surface area contributed by atoms with E-state index in [9.17, 15) is 4.79 Å². The lowest BCUT2D eigenvalue weighted by Gasteiger charge is -2.38. The van der Waals surface area contributed by atoms with Gasteiger partial charge in [-0.1, -0.05) is 50.3 Å². The summed E-state index contributed by atoms with van der Waals surface area (Å²) in [6.45, 7) is 3.61. The van der Waals surface area contributed by atoms with E-state index >= 15 is 0 Å². The number of anilines is 1. The van der Waals surface area contributed by atoms with Crippen molar-refractivity contribution in [2.24, 2.45) is 5.92 Å². The Bertz CT molecular complexity index is 583. The Kier molecular flexibility index (Phi) is 5.40. The highest BCUT2D eigenvalue weighted by Gasteiger charge is 2.34. The number of hydrogen-bond donors (Lipinski definition) is 0. The van der Waals surface area contributed by atoms with Gasteiger partial charge in [0.15, 0.2) is 0 Å².